The normalized spacial score (nSPS) is 17.2. The predicted octanol–water partition coefficient (Wildman–Crippen LogP) is 1.46. The minimum Gasteiger partial charge on any atom is -0.387 e. The van der Waals surface area contributed by atoms with Crippen molar-refractivity contribution in [3.63, 3.8) is 0 Å². The third-order valence-electron chi connectivity index (χ3n) is 4.05. The van der Waals surface area contributed by atoms with Crippen molar-refractivity contribution in [2.75, 3.05) is 13.1 Å². The zero-order valence-electron chi connectivity index (χ0n) is 12.2. The molecule has 3 heterocycles. The van der Waals surface area contributed by atoms with Gasteiger partial charge >= 0.3 is 0 Å². The average Bonchev–Trinajstić information content (AvgIpc) is 2.62. The SMILES string of the molecule is O=C(c1cnccn1)N1CCC([C@@H](O)c2ccccn2)CC1. The van der Waals surface area contributed by atoms with Gasteiger partial charge in [0.2, 0.25) is 0 Å². The molecular formula is C16H18N4O2. The highest BCUT2D eigenvalue weighted by Crippen LogP contribution is 2.29. The van der Waals surface area contributed by atoms with E-state index in [2.05, 4.69) is 15.0 Å². The number of hydrogen-bond donors (Lipinski definition) is 1. The summed E-state index contributed by atoms with van der Waals surface area (Å²) >= 11 is 0. The molecule has 0 aliphatic carbocycles. The van der Waals surface area contributed by atoms with Gasteiger partial charge in [-0.3, -0.25) is 14.8 Å². The van der Waals surface area contributed by atoms with Gasteiger partial charge in [0.05, 0.1) is 18.0 Å². The van der Waals surface area contributed by atoms with Crippen molar-refractivity contribution in [1.82, 2.24) is 19.9 Å². The summed E-state index contributed by atoms with van der Waals surface area (Å²) in [6.45, 7) is 1.23. The Bertz CT molecular complexity index is 613. The predicted molar refractivity (Wildman–Crippen MR) is 79.9 cm³/mol. The fraction of sp³-hybridized carbons (Fsp3) is 0.375. The fourth-order valence-electron chi connectivity index (χ4n) is 2.78. The summed E-state index contributed by atoms with van der Waals surface area (Å²) in [5.74, 6) is 0.0275. The monoisotopic (exact) mass is 298 g/mol. The van der Waals surface area contributed by atoms with Gasteiger partial charge in [-0.15, -0.1) is 0 Å². The van der Waals surface area contributed by atoms with E-state index in [4.69, 9.17) is 0 Å². The van der Waals surface area contributed by atoms with E-state index in [-0.39, 0.29) is 11.8 Å². The summed E-state index contributed by atoms with van der Waals surface area (Å²) in [4.78, 5) is 26.2. The van der Waals surface area contributed by atoms with Gasteiger partial charge in [-0.05, 0) is 30.9 Å². The Labute approximate surface area is 128 Å². The summed E-state index contributed by atoms with van der Waals surface area (Å²) in [7, 11) is 0. The number of hydrogen-bond acceptors (Lipinski definition) is 5. The summed E-state index contributed by atoms with van der Waals surface area (Å²) in [6, 6.07) is 5.54. The summed E-state index contributed by atoms with van der Waals surface area (Å²) in [5, 5.41) is 10.4. The van der Waals surface area contributed by atoms with Crippen molar-refractivity contribution in [3.8, 4) is 0 Å². The molecule has 1 saturated heterocycles. The van der Waals surface area contributed by atoms with Crippen LogP contribution in [0.4, 0.5) is 0 Å². The molecule has 2 aromatic rings. The summed E-state index contributed by atoms with van der Waals surface area (Å²) in [6.07, 6.45) is 7.17. The molecule has 2 aromatic heterocycles. The first-order chi connectivity index (χ1) is 10.8. The highest BCUT2D eigenvalue weighted by Gasteiger charge is 2.29. The second kappa shape index (κ2) is 6.62. The first kappa shape index (κ1) is 14.6. The van der Waals surface area contributed by atoms with Crippen LogP contribution in [0.1, 0.15) is 35.1 Å². The van der Waals surface area contributed by atoms with Crippen molar-refractivity contribution >= 4 is 5.91 Å². The lowest BCUT2D eigenvalue weighted by atomic mass is 9.89. The second-order valence-corrected chi connectivity index (χ2v) is 5.42. The number of aliphatic hydroxyl groups is 1. The third-order valence-corrected chi connectivity index (χ3v) is 4.05. The maximum absolute atomic E-state index is 12.3. The Morgan fingerprint density at radius 1 is 1.18 bits per heavy atom. The van der Waals surface area contributed by atoms with E-state index in [9.17, 15) is 9.90 Å². The zero-order valence-corrected chi connectivity index (χ0v) is 12.2. The molecule has 6 nitrogen and oxygen atoms in total. The van der Waals surface area contributed by atoms with Crippen molar-refractivity contribution in [3.05, 3.63) is 54.4 Å². The third kappa shape index (κ3) is 3.12. The molecule has 0 saturated carbocycles. The van der Waals surface area contributed by atoms with Crippen molar-refractivity contribution in [1.29, 1.82) is 0 Å². The smallest absolute Gasteiger partial charge is 0.274 e. The second-order valence-electron chi connectivity index (χ2n) is 5.42. The van der Waals surface area contributed by atoms with Crippen LogP contribution >= 0.6 is 0 Å². The van der Waals surface area contributed by atoms with E-state index in [1.807, 2.05) is 18.2 Å². The number of aromatic nitrogens is 3. The van der Waals surface area contributed by atoms with Crippen molar-refractivity contribution < 1.29 is 9.90 Å². The minimum atomic E-state index is -0.574. The van der Waals surface area contributed by atoms with Gasteiger partial charge in [0, 0.05) is 31.7 Å². The Balaban J connectivity index is 1.60. The standard InChI is InChI=1S/C16H18N4O2/c21-15(13-3-1-2-6-18-13)12-4-9-20(10-5-12)16(22)14-11-17-7-8-19-14/h1-3,6-8,11-12,15,21H,4-5,9-10H2/t15-/m1/s1. The molecule has 114 valence electrons. The Morgan fingerprint density at radius 2 is 2.00 bits per heavy atom. The highest BCUT2D eigenvalue weighted by atomic mass is 16.3. The molecule has 0 spiro atoms. The van der Waals surface area contributed by atoms with E-state index >= 15 is 0 Å². The maximum atomic E-state index is 12.3. The van der Waals surface area contributed by atoms with Crippen LogP contribution in [0.25, 0.3) is 0 Å². The molecule has 6 heteroatoms. The van der Waals surface area contributed by atoms with Crippen LogP contribution in [-0.4, -0.2) is 44.0 Å². The topological polar surface area (TPSA) is 79.2 Å². The zero-order chi connectivity index (χ0) is 15.4. The number of carbonyl (C=O) groups is 1. The van der Waals surface area contributed by atoms with E-state index in [0.29, 0.717) is 24.5 Å². The number of carbonyl (C=O) groups excluding carboxylic acids is 1. The largest absolute Gasteiger partial charge is 0.387 e. The van der Waals surface area contributed by atoms with E-state index < -0.39 is 6.10 Å². The fourth-order valence-corrected chi connectivity index (χ4v) is 2.78. The van der Waals surface area contributed by atoms with E-state index in [1.165, 1.54) is 12.4 Å². The van der Waals surface area contributed by atoms with Gasteiger partial charge < -0.3 is 10.0 Å². The molecule has 1 amide bonds. The number of pyridine rings is 1. The molecule has 1 aliphatic rings. The number of nitrogens with zero attached hydrogens (tertiary/aromatic N) is 4. The molecular weight excluding hydrogens is 280 g/mol. The highest BCUT2D eigenvalue weighted by molar-refractivity contribution is 5.92. The molecule has 1 aliphatic heterocycles. The minimum absolute atomic E-state index is 0.0983. The van der Waals surface area contributed by atoms with Gasteiger partial charge in [0.15, 0.2) is 0 Å². The number of likely N-dealkylation sites (tertiary alicyclic amines) is 1. The molecule has 1 fully saturated rings. The lowest BCUT2D eigenvalue weighted by molar-refractivity contribution is 0.0444. The van der Waals surface area contributed by atoms with Gasteiger partial charge in [-0.25, -0.2) is 4.98 Å². The van der Waals surface area contributed by atoms with Crippen LogP contribution in [0.15, 0.2) is 43.0 Å². The van der Waals surface area contributed by atoms with Crippen LogP contribution in [0.5, 0.6) is 0 Å². The van der Waals surface area contributed by atoms with Gasteiger partial charge in [-0.1, -0.05) is 6.07 Å². The molecule has 1 N–H and O–H groups in total. The quantitative estimate of drug-likeness (QED) is 0.928. The van der Waals surface area contributed by atoms with E-state index in [0.717, 1.165) is 12.8 Å². The summed E-state index contributed by atoms with van der Waals surface area (Å²) in [5.41, 5.74) is 1.06. The van der Waals surface area contributed by atoms with Crippen molar-refractivity contribution in [2.24, 2.45) is 5.92 Å². The first-order valence-corrected chi connectivity index (χ1v) is 7.40. The molecule has 1 atom stereocenters. The Morgan fingerprint density at radius 3 is 2.64 bits per heavy atom. The Kier molecular flexibility index (Phi) is 4.39. The van der Waals surface area contributed by atoms with Crippen LogP contribution in [0.2, 0.25) is 0 Å². The molecule has 0 unspecified atom stereocenters. The maximum Gasteiger partial charge on any atom is 0.274 e. The van der Waals surface area contributed by atoms with Crippen LogP contribution in [-0.2, 0) is 0 Å². The lowest BCUT2D eigenvalue weighted by Crippen LogP contribution is -2.40. The van der Waals surface area contributed by atoms with Crippen molar-refractivity contribution in [2.45, 2.75) is 18.9 Å². The average molecular weight is 298 g/mol. The first-order valence-electron chi connectivity index (χ1n) is 7.40. The van der Waals surface area contributed by atoms with Gasteiger partial charge in [-0.2, -0.15) is 0 Å². The lowest BCUT2D eigenvalue weighted by Gasteiger charge is -2.33. The van der Waals surface area contributed by atoms with Gasteiger partial charge in [0.1, 0.15) is 5.69 Å². The molecule has 0 bridgehead atoms. The number of aliphatic hydroxyl groups excluding tert-OH is 1. The Hall–Kier alpha value is -2.34. The summed E-state index contributed by atoms with van der Waals surface area (Å²) < 4.78 is 0. The number of rotatable bonds is 3. The van der Waals surface area contributed by atoms with Crippen LogP contribution in [0.3, 0.4) is 0 Å². The van der Waals surface area contributed by atoms with Crippen LogP contribution in [0, 0.1) is 5.92 Å². The molecule has 0 aromatic carbocycles. The molecule has 22 heavy (non-hydrogen) atoms. The molecule has 0 radical (unpaired) electrons. The molecule has 3 rings (SSSR count). The van der Waals surface area contributed by atoms with Crippen LogP contribution < -0.4 is 0 Å². The number of amides is 1. The number of piperidine rings is 1. The van der Waals surface area contributed by atoms with Gasteiger partial charge in [0.25, 0.3) is 5.91 Å². The van der Waals surface area contributed by atoms with E-state index in [1.54, 1.807) is 17.3 Å².